The highest BCUT2D eigenvalue weighted by Crippen LogP contribution is 2.44. The van der Waals surface area contributed by atoms with Crippen molar-refractivity contribution >= 4 is 43.6 Å². The Morgan fingerprint density at radius 1 is 0.258 bits per heavy atom. The number of hydrogen-bond acceptors (Lipinski definition) is 3. The first-order valence-corrected chi connectivity index (χ1v) is 21.0. The number of rotatable bonds is 7. The van der Waals surface area contributed by atoms with E-state index < -0.39 is 0 Å². The molecule has 5 nitrogen and oxygen atoms in total. The van der Waals surface area contributed by atoms with Gasteiger partial charge in [-0.3, -0.25) is 0 Å². The van der Waals surface area contributed by atoms with Gasteiger partial charge in [0.05, 0.1) is 22.1 Å². The van der Waals surface area contributed by atoms with Crippen LogP contribution in [0, 0.1) is 0 Å². The van der Waals surface area contributed by atoms with Crippen molar-refractivity contribution in [2.45, 2.75) is 0 Å². The van der Waals surface area contributed by atoms with Crippen LogP contribution in [0.5, 0.6) is 0 Å². The second-order valence-corrected chi connectivity index (χ2v) is 15.6. The second kappa shape index (κ2) is 14.7. The Balaban J connectivity index is 1.03. The van der Waals surface area contributed by atoms with E-state index in [0.29, 0.717) is 17.5 Å². The van der Waals surface area contributed by atoms with Crippen molar-refractivity contribution < 1.29 is 0 Å². The van der Waals surface area contributed by atoms with Gasteiger partial charge >= 0.3 is 0 Å². The zero-order valence-electron chi connectivity index (χ0n) is 33.6. The van der Waals surface area contributed by atoms with Gasteiger partial charge in [0.1, 0.15) is 0 Å². The highest BCUT2D eigenvalue weighted by atomic mass is 15.0. The van der Waals surface area contributed by atoms with Crippen LogP contribution in [0.2, 0.25) is 0 Å². The van der Waals surface area contributed by atoms with Crippen LogP contribution in [0.15, 0.2) is 224 Å². The average Bonchev–Trinajstić information content (AvgIpc) is 3.88. The topological polar surface area (TPSA) is 48.5 Å². The first-order valence-electron chi connectivity index (χ1n) is 21.0. The Morgan fingerprint density at radius 2 is 0.629 bits per heavy atom. The Labute approximate surface area is 358 Å². The molecule has 0 radical (unpaired) electrons. The van der Waals surface area contributed by atoms with E-state index in [-0.39, 0.29) is 0 Å². The molecule has 0 saturated heterocycles. The third-order valence-corrected chi connectivity index (χ3v) is 12.0. The van der Waals surface area contributed by atoms with Gasteiger partial charge in [0, 0.05) is 49.6 Å². The quantitative estimate of drug-likeness (QED) is 0.162. The number of para-hydroxylation sites is 3. The van der Waals surface area contributed by atoms with Crippen LogP contribution < -0.4 is 0 Å². The number of fused-ring (bicyclic) bond motifs is 6. The van der Waals surface area contributed by atoms with Crippen LogP contribution in [-0.4, -0.2) is 24.1 Å². The summed E-state index contributed by atoms with van der Waals surface area (Å²) in [5.74, 6) is 1.88. The smallest absolute Gasteiger partial charge is 0.164 e. The molecular formula is C57H37N5. The first kappa shape index (κ1) is 35.5. The lowest BCUT2D eigenvalue weighted by Gasteiger charge is -2.12. The van der Waals surface area contributed by atoms with Crippen molar-refractivity contribution in [2.75, 3.05) is 0 Å². The molecule has 0 fully saturated rings. The molecule has 3 aromatic heterocycles. The summed E-state index contributed by atoms with van der Waals surface area (Å²) in [6.45, 7) is 0. The minimum Gasteiger partial charge on any atom is -0.309 e. The van der Waals surface area contributed by atoms with Crippen molar-refractivity contribution in [3.05, 3.63) is 224 Å². The first-order chi connectivity index (χ1) is 30.8. The van der Waals surface area contributed by atoms with E-state index in [1.807, 2.05) is 36.4 Å². The molecule has 0 saturated carbocycles. The summed E-state index contributed by atoms with van der Waals surface area (Å²) >= 11 is 0. The van der Waals surface area contributed by atoms with E-state index in [1.165, 1.54) is 49.3 Å². The van der Waals surface area contributed by atoms with Crippen LogP contribution >= 0.6 is 0 Å². The highest BCUT2D eigenvalue weighted by Gasteiger charge is 2.21. The van der Waals surface area contributed by atoms with Crippen molar-refractivity contribution in [3.8, 4) is 67.8 Å². The second-order valence-electron chi connectivity index (χ2n) is 15.6. The van der Waals surface area contributed by atoms with Crippen molar-refractivity contribution in [1.29, 1.82) is 0 Å². The third-order valence-electron chi connectivity index (χ3n) is 12.0. The molecule has 0 N–H and O–H groups in total. The molecular weight excluding hydrogens is 755 g/mol. The van der Waals surface area contributed by atoms with Crippen LogP contribution in [0.4, 0.5) is 0 Å². The van der Waals surface area contributed by atoms with Gasteiger partial charge in [0.25, 0.3) is 0 Å². The van der Waals surface area contributed by atoms with Crippen molar-refractivity contribution in [1.82, 2.24) is 24.1 Å². The molecule has 0 aliphatic carbocycles. The summed E-state index contributed by atoms with van der Waals surface area (Å²) in [6, 6.07) is 79.2. The largest absolute Gasteiger partial charge is 0.309 e. The standard InChI is InChI=1S/C57H37N5/c1-4-17-38(18-5-1)39-33-35-41(36-34-39)56-58-55(40-19-6-2-7-20-40)59-57(60-56)42-21-14-24-44(37-42)62-50-30-13-11-26-48(50)54-46(28-16-32-52(54)62)45-27-15-31-51-53(45)47-25-10-12-29-49(47)61(51)43-22-8-3-9-23-43/h1-37H. The van der Waals surface area contributed by atoms with Gasteiger partial charge in [-0.1, -0.05) is 176 Å². The summed E-state index contributed by atoms with van der Waals surface area (Å²) < 4.78 is 4.77. The van der Waals surface area contributed by atoms with Gasteiger partial charge in [0.15, 0.2) is 17.5 Å². The summed E-state index contributed by atoms with van der Waals surface area (Å²) in [5, 5.41) is 4.88. The molecule has 0 atom stereocenters. The lowest BCUT2D eigenvalue weighted by atomic mass is 9.95. The zero-order chi connectivity index (χ0) is 41.0. The van der Waals surface area contributed by atoms with E-state index in [0.717, 1.165) is 44.7 Å². The number of hydrogen-bond donors (Lipinski definition) is 0. The Bertz CT molecular complexity index is 3610. The molecule has 0 amide bonds. The van der Waals surface area contributed by atoms with Crippen molar-refractivity contribution in [3.63, 3.8) is 0 Å². The molecule has 3 heterocycles. The number of nitrogens with zero attached hydrogens (tertiary/aromatic N) is 5. The minimum atomic E-state index is 0.616. The fraction of sp³-hybridized carbons (Fsp3) is 0. The van der Waals surface area contributed by atoms with Gasteiger partial charge in [0.2, 0.25) is 0 Å². The maximum Gasteiger partial charge on any atom is 0.164 e. The van der Waals surface area contributed by atoms with E-state index in [4.69, 9.17) is 15.0 Å². The summed E-state index contributed by atoms with van der Waals surface area (Å²) in [7, 11) is 0. The SMILES string of the molecule is c1ccc(-c2ccc(-c3nc(-c4ccccc4)nc(-c4cccc(-n5c6ccccc6c6c(-c7cccc8c7c7ccccc7n8-c7ccccc7)cccc65)c4)n3)cc2)cc1. The Hall–Kier alpha value is -8.41. The van der Waals surface area contributed by atoms with Gasteiger partial charge in [-0.05, 0) is 70.8 Å². The zero-order valence-corrected chi connectivity index (χ0v) is 33.6. The molecule has 5 heteroatoms. The van der Waals surface area contributed by atoms with Gasteiger partial charge in [-0.2, -0.15) is 0 Å². The molecule has 0 unspecified atom stereocenters. The van der Waals surface area contributed by atoms with Gasteiger partial charge in [-0.25, -0.2) is 15.0 Å². The molecule has 0 aliphatic rings. The average molecular weight is 792 g/mol. The molecule has 0 bridgehead atoms. The maximum absolute atomic E-state index is 5.15. The fourth-order valence-corrected chi connectivity index (χ4v) is 9.20. The van der Waals surface area contributed by atoms with Crippen molar-refractivity contribution in [2.24, 2.45) is 0 Å². The summed E-state index contributed by atoms with van der Waals surface area (Å²) in [5.41, 5.74) is 14.3. The predicted molar refractivity (Wildman–Crippen MR) is 256 cm³/mol. The monoisotopic (exact) mass is 791 g/mol. The van der Waals surface area contributed by atoms with Crippen LogP contribution in [0.25, 0.3) is 111 Å². The summed E-state index contributed by atoms with van der Waals surface area (Å²) in [4.78, 5) is 15.3. The number of aromatic nitrogens is 5. The summed E-state index contributed by atoms with van der Waals surface area (Å²) in [6.07, 6.45) is 0. The normalized spacial score (nSPS) is 11.5. The lowest BCUT2D eigenvalue weighted by Crippen LogP contribution is -2.01. The molecule has 290 valence electrons. The molecule has 0 aliphatic heterocycles. The molecule has 62 heavy (non-hydrogen) atoms. The molecule has 0 spiro atoms. The molecule has 12 aromatic rings. The lowest BCUT2D eigenvalue weighted by molar-refractivity contribution is 1.07. The Morgan fingerprint density at radius 3 is 1.21 bits per heavy atom. The fourth-order valence-electron chi connectivity index (χ4n) is 9.20. The van der Waals surface area contributed by atoms with Crippen LogP contribution in [-0.2, 0) is 0 Å². The molecule has 12 rings (SSSR count). The Kier molecular flexibility index (Phi) is 8.42. The van der Waals surface area contributed by atoms with Crippen LogP contribution in [0.3, 0.4) is 0 Å². The highest BCUT2D eigenvalue weighted by molar-refractivity contribution is 6.22. The predicted octanol–water partition coefficient (Wildman–Crippen LogP) is 14.4. The van der Waals surface area contributed by atoms with E-state index in [2.05, 4.69) is 197 Å². The van der Waals surface area contributed by atoms with E-state index in [9.17, 15) is 0 Å². The van der Waals surface area contributed by atoms with E-state index >= 15 is 0 Å². The minimum absolute atomic E-state index is 0.616. The van der Waals surface area contributed by atoms with E-state index in [1.54, 1.807) is 0 Å². The van der Waals surface area contributed by atoms with Crippen LogP contribution in [0.1, 0.15) is 0 Å². The maximum atomic E-state index is 5.15. The van der Waals surface area contributed by atoms with Gasteiger partial charge < -0.3 is 9.13 Å². The van der Waals surface area contributed by atoms with Gasteiger partial charge in [-0.15, -0.1) is 0 Å². The third kappa shape index (κ3) is 5.90. The number of benzene rings is 9. The molecule has 9 aromatic carbocycles.